The first-order chi connectivity index (χ1) is 12.2. The number of nitrogens with one attached hydrogen (secondary N) is 2. The first-order valence-electron chi connectivity index (χ1n) is 8.66. The summed E-state index contributed by atoms with van der Waals surface area (Å²) in [6, 6.07) is 0. The number of ether oxygens (including phenoxy) is 3. The predicted molar refractivity (Wildman–Crippen MR) is 97.6 cm³/mol. The Bertz CT molecular complexity index is 581. The zero-order valence-corrected chi connectivity index (χ0v) is 16.1. The first kappa shape index (κ1) is 21.5. The van der Waals surface area contributed by atoms with Crippen LogP contribution in [0.2, 0.25) is 0 Å². The molecule has 146 valence electrons. The number of carbonyl (C=O) groups is 2. The van der Waals surface area contributed by atoms with E-state index in [0.717, 1.165) is 6.21 Å². The number of rotatable bonds is 10. The van der Waals surface area contributed by atoms with Crippen LogP contribution in [0.25, 0.3) is 0 Å². The highest BCUT2D eigenvalue weighted by Gasteiger charge is 2.33. The molecule has 8 nitrogen and oxygen atoms in total. The Morgan fingerprint density at radius 2 is 2.12 bits per heavy atom. The third kappa shape index (κ3) is 6.09. The van der Waals surface area contributed by atoms with E-state index in [4.69, 9.17) is 19.6 Å². The zero-order valence-electron chi connectivity index (χ0n) is 16.1. The van der Waals surface area contributed by atoms with Gasteiger partial charge < -0.3 is 24.9 Å². The molecule has 26 heavy (non-hydrogen) atoms. The van der Waals surface area contributed by atoms with Gasteiger partial charge in [0.05, 0.1) is 25.3 Å². The first-order valence-corrected chi connectivity index (χ1v) is 8.66. The summed E-state index contributed by atoms with van der Waals surface area (Å²) in [4.78, 5) is 25.4. The Balaban J connectivity index is 2.95. The minimum Gasteiger partial charge on any atom is -0.478 e. The van der Waals surface area contributed by atoms with Crippen molar-refractivity contribution in [1.82, 2.24) is 10.2 Å². The van der Waals surface area contributed by atoms with Crippen molar-refractivity contribution >= 4 is 18.3 Å². The lowest BCUT2D eigenvalue weighted by molar-refractivity contribution is -0.138. The van der Waals surface area contributed by atoms with Gasteiger partial charge >= 0.3 is 12.1 Å². The molecule has 0 aromatic rings. The van der Waals surface area contributed by atoms with Crippen molar-refractivity contribution in [3.05, 3.63) is 23.7 Å². The lowest BCUT2D eigenvalue weighted by Crippen LogP contribution is -2.43. The van der Waals surface area contributed by atoms with Crippen LogP contribution in [0, 0.1) is 11.3 Å². The summed E-state index contributed by atoms with van der Waals surface area (Å²) in [6.45, 7) is 10.8. The number of cyclic esters (lactones) is 1. The van der Waals surface area contributed by atoms with E-state index in [2.05, 4.69) is 5.32 Å². The molecule has 8 heteroatoms. The van der Waals surface area contributed by atoms with Gasteiger partial charge in [-0.1, -0.05) is 13.8 Å². The van der Waals surface area contributed by atoms with Gasteiger partial charge in [0.15, 0.2) is 0 Å². The summed E-state index contributed by atoms with van der Waals surface area (Å²) in [5.74, 6) is -0.256. The number of amides is 1. The maximum atomic E-state index is 12.0. The van der Waals surface area contributed by atoms with Gasteiger partial charge in [-0.15, -0.1) is 0 Å². The van der Waals surface area contributed by atoms with Crippen LogP contribution in [0.3, 0.4) is 0 Å². The van der Waals surface area contributed by atoms with Crippen LogP contribution in [-0.2, 0) is 19.0 Å². The van der Waals surface area contributed by atoms with Crippen LogP contribution in [0.5, 0.6) is 0 Å². The molecule has 2 N–H and O–H groups in total. The number of hydrogen-bond donors (Lipinski definition) is 2. The monoisotopic (exact) mass is 367 g/mol. The predicted octanol–water partition coefficient (Wildman–Crippen LogP) is 2.42. The topological polar surface area (TPSA) is 101 Å². The smallest absolute Gasteiger partial charge is 0.410 e. The average Bonchev–Trinajstić information content (AvgIpc) is 2.99. The van der Waals surface area contributed by atoms with Gasteiger partial charge in [0.25, 0.3) is 0 Å². The van der Waals surface area contributed by atoms with E-state index in [-0.39, 0.29) is 30.1 Å². The molecule has 0 spiro atoms. The summed E-state index contributed by atoms with van der Waals surface area (Å²) < 4.78 is 15.6. The summed E-state index contributed by atoms with van der Waals surface area (Å²) in [5, 5.41) is 10.4. The van der Waals surface area contributed by atoms with E-state index in [1.54, 1.807) is 24.1 Å². The molecule has 0 aromatic carbocycles. The quantitative estimate of drug-likeness (QED) is 0.266. The summed E-state index contributed by atoms with van der Waals surface area (Å²) >= 11 is 0. The Kier molecular flexibility index (Phi) is 8.15. The molecule has 1 rings (SSSR count). The highest BCUT2D eigenvalue weighted by Crippen LogP contribution is 2.20. The normalized spacial score (nSPS) is 15.8. The van der Waals surface area contributed by atoms with Gasteiger partial charge in [0.2, 0.25) is 5.88 Å². The largest absolute Gasteiger partial charge is 0.478 e. The Morgan fingerprint density at radius 1 is 1.42 bits per heavy atom. The molecule has 1 fully saturated rings. The van der Waals surface area contributed by atoms with Crippen LogP contribution >= 0.6 is 0 Å². The van der Waals surface area contributed by atoms with Gasteiger partial charge in [-0.2, -0.15) is 0 Å². The van der Waals surface area contributed by atoms with Crippen LogP contribution < -0.4 is 5.32 Å². The van der Waals surface area contributed by atoms with Crippen molar-refractivity contribution in [2.75, 3.05) is 26.4 Å². The Labute approximate surface area is 154 Å². The van der Waals surface area contributed by atoms with E-state index in [9.17, 15) is 9.59 Å². The molecule has 1 saturated heterocycles. The van der Waals surface area contributed by atoms with Crippen molar-refractivity contribution in [3.8, 4) is 0 Å². The van der Waals surface area contributed by atoms with E-state index < -0.39 is 11.5 Å². The average molecular weight is 367 g/mol. The molecular formula is C18H29N3O5. The van der Waals surface area contributed by atoms with Gasteiger partial charge in [-0.05, 0) is 32.8 Å². The SMILES string of the molecule is CCOC(=O)/C(C=N)=C(/N/C=C/C(C)(C)N1CCOC1=O)OCC(C)C. The fourth-order valence-corrected chi connectivity index (χ4v) is 2.20. The lowest BCUT2D eigenvalue weighted by Gasteiger charge is -2.30. The fourth-order valence-electron chi connectivity index (χ4n) is 2.20. The highest BCUT2D eigenvalue weighted by atomic mass is 16.6. The van der Waals surface area contributed by atoms with Crippen molar-refractivity contribution in [3.63, 3.8) is 0 Å². The number of hydrogen-bond acceptors (Lipinski definition) is 7. The Morgan fingerprint density at radius 3 is 2.62 bits per heavy atom. The van der Waals surface area contributed by atoms with Gasteiger partial charge in [-0.25, -0.2) is 9.59 Å². The molecule has 1 aliphatic heterocycles. The molecule has 0 aromatic heterocycles. The van der Waals surface area contributed by atoms with E-state index in [1.807, 2.05) is 27.7 Å². The third-order valence-corrected chi connectivity index (χ3v) is 3.61. The van der Waals surface area contributed by atoms with Gasteiger partial charge in [0.1, 0.15) is 12.2 Å². The van der Waals surface area contributed by atoms with Crippen LogP contribution in [0.15, 0.2) is 23.7 Å². The minimum absolute atomic E-state index is 0.00413. The molecule has 1 amide bonds. The van der Waals surface area contributed by atoms with Crippen LogP contribution in [-0.4, -0.2) is 55.1 Å². The molecule has 1 aliphatic rings. The van der Waals surface area contributed by atoms with Crippen molar-refractivity contribution < 1.29 is 23.8 Å². The van der Waals surface area contributed by atoms with Crippen molar-refractivity contribution in [1.29, 1.82) is 5.41 Å². The number of esters is 1. The van der Waals surface area contributed by atoms with Gasteiger partial charge in [0, 0.05) is 12.4 Å². The highest BCUT2D eigenvalue weighted by molar-refractivity contribution is 6.08. The number of carbonyl (C=O) groups excluding carboxylic acids is 2. The Hall–Kier alpha value is -2.51. The van der Waals surface area contributed by atoms with E-state index in [1.165, 1.54) is 0 Å². The second-order valence-corrected chi connectivity index (χ2v) is 6.71. The lowest BCUT2D eigenvalue weighted by atomic mass is 10.0. The maximum absolute atomic E-state index is 12.0. The fraction of sp³-hybridized carbons (Fsp3) is 0.611. The van der Waals surface area contributed by atoms with Crippen molar-refractivity contribution in [2.24, 2.45) is 5.92 Å². The second kappa shape index (κ2) is 9.84. The van der Waals surface area contributed by atoms with Crippen LogP contribution in [0.1, 0.15) is 34.6 Å². The van der Waals surface area contributed by atoms with E-state index >= 15 is 0 Å². The van der Waals surface area contributed by atoms with E-state index in [0.29, 0.717) is 19.8 Å². The zero-order chi connectivity index (χ0) is 19.7. The summed E-state index contributed by atoms with van der Waals surface area (Å²) in [6.07, 6.45) is 3.89. The molecule has 0 bridgehead atoms. The van der Waals surface area contributed by atoms with Crippen LogP contribution in [0.4, 0.5) is 4.79 Å². The maximum Gasteiger partial charge on any atom is 0.410 e. The number of nitrogens with zero attached hydrogens (tertiary/aromatic N) is 1. The molecule has 1 heterocycles. The minimum atomic E-state index is -0.635. The molecule has 0 unspecified atom stereocenters. The standard InChI is InChI=1S/C18H29N3O5/c1-6-24-16(22)14(11-19)15(26-12-13(2)3)20-8-7-18(4,5)21-9-10-25-17(21)23/h7-8,11,13,19-20H,6,9-10,12H2,1-5H3/b8-7+,15-14-,19-11?. The molecule has 0 radical (unpaired) electrons. The van der Waals surface area contributed by atoms with Crippen molar-refractivity contribution in [2.45, 2.75) is 40.2 Å². The molecule has 0 saturated carbocycles. The molecule has 0 atom stereocenters. The second-order valence-electron chi connectivity index (χ2n) is 6.71. The molecular weight excluding hydrogens is 338 g/mol. The molecule has 0 aliphatic carbocycles. The summed E-state index contributed by atoms with van der Waals surface area (Å²) in [5.41, 5.74) is -0.589. The van der Waals surface area contributed by atoms with Gasteiger partial charge in [-0.3, -0.25) is 4.90 Å². The third-order valence-electron chi connectivity index (χ3n) is 3.61. The summed E-state index contributed by atoms with van der Waals surface area (Å²) in [7, 11) is 0.